The predicted octanol–water partition coefficient (Wildman–Crippen LogP) is 2.92. The van der Waals surface area contributed by atoms with E-state index in [9.17, 15) is 24.3 Å². The third-order valence-electron chi connectivity index (χ3n) is 9.09. The zero-order valence-corrected chi connectivity index (χ0v) is 26.3. The minimum atomic E-state index is -1.37. The summed E-state index contributed by atoms with van der Waals surface area (Å²) in [6.07, 6.45) is 7.13. The first kappa shape index (κ1) is 31.9. The maximum Gasteiger partial charge on any atom is 0.313 e. The van der Waals surface area contributed by atoms with E-state index in [0.29, 0.717) is 18.4 Å². The van der Waals surface area contributed by atoms with Gasteiger partial charge in [-0.1, -0.05) is 75.4 Å². The Morgan fingerprint density at radius 1 is 1.02 bits per heavy atom. The van der Waals surface area contributed by atoms with Crippen LogP contribution in [0.15, 0.2) is 54.6 Å². The molecule has 4 aliphatic heterocycles. The number of fused-ring (bicyclic) bond motifs is 2. The molecular weight excluding hydrogens is 562 g/mol. The Balaban J connectivity index is 1.58. The molecule has 0 radical (unpaired) electrons. The Morgan fingerprint density at radius 3 is 2.43 bits per heavy atom. The monoisotopic (exact) mass is 607 g/mol. The molecule has 4 aliphatic rings. The molecule has 1 spiro atoms. The normalized spacial score (nSPS) is 32.1. The van der Waals surface area contributed by atoms with Crippen molar-refractivity contribution in [2.24, 2.45) is 17.3 Å². The third kappa shape index (κ3) is 5.94. The number of amides is 3. The summed E-state index contributed by atoms with van der Waals surface area (Å²) < 4.78 is 12.5. The van der Waals surface area contributed by atoms with Gasteiger partial charge in [0.05, 0.1) is 25.2 Å². The Bertz CT molecular complexity index is 1330. The topological polar surface area (TPSA) is 125 Å². The molecule has 2 saturated heterocycles. The van der Waals surface area contributed by atoms with Crippen molar-refractivity contribution in [2.45, 2.75) is 83.3 Å². The van der Waals surface area contributed by atoms with E-state index in [1.807, 2.05) is 56.3 Å². The van der Waals surface area contributed by atoms with Crippen molar-refractivity contribution in [3.63, 3.8) is 0 Å². The van der Waals surface area contributed by atoms with Crippen LogP contribution in [-0.4, -0.2) is 88.1 Å². The van der Waals surface area contributed by atoms with Gasteiger partial charge in [-0.25, -0.2) is 0 Å². The van der Waals surface area contributed by atoms with Crippen molar-refractivity contribution in [3.05, 3.63) is 60.2 Å². The number of nitrogens with one attached hydrogen (secondary N) is 1. The average Bonchev–Trinajstić information content (AvgIpc) is 3.59. The van der Waals surface area contributed by atoms with Crippen molar-refractivity contribution in [2.75, 3.05) is 26.2 Å². The highest BCUT2D eigenvalue weighted by Gasteiger charge is 2.73. The molecule has 6 atom stereocenters. The fraction of sp³-hybridized carbons (Fsp3) is 0.588. The number of carbonyl (C=O) groups is 4. The van der Waals surface area contributed by atoms with Gasteiger partial charge in [-0.05, 0) is 37.7 Å². The summed E-state index contributed by atoms with van der Waals surface area (Å²) >= 11 is 0. The molecule has 10 heteroatoms. The Morgan fingerprint density at radius 2 is 1.75 bits per heavy atom. The van der Waals surface area contributed by atoms with E-state index in [2.05, 4.69) is 26.1 Å². The van der Waals surface area contributed by atoms with E-state index in [1.54, 1.807) is 17.1 Å². The Labute approximate surface area is 259 Å². The molecule has 0 aliphatic carbocycles. The van der Waals surface area contributed by atoms with E-state index in [1.165, 1.54) is 4.90 Å². The second kappa shape index (κ2) is 12.1. The molecule has 10 nitrogen and oxygen atoms in total. The molecule has 2 N–H and O–H groups in total. The minimum absolute atomic E-state index is 0.0703. The molecule has 2 fully saturated rings. The maximum absolute atomic E-state index is 14.8. The lowest BCUT2D eigenvalue weighted by Crippen LogP contribution is -2.61. The first-order valence-electron chi connectivity index (χ1n) is 15.6. The number of aliphatic hydroxyl groups is 1. The summed E-state index contributed by atoms with van der Waals surface area (Å²) in [5.41, 5.74) is -1.40. The zero-order valence-electron chi connectivity index (χ0n) is 26.3. The zero-order chi connectivity index (χ0) is 31.9. The van der Waals surface area contributed by atoms with Crippen LogP contribution in [0.25, 0.3) is 0 Å². The fourth-order valence-electron chi connectivity index (χ4n) is 7.66. The summed E-state index contributed by atoms with van der Waals surface area (Å²) in [4.78, 5) is 58.8. The lowest BCUT2D eigenvalue weighted by atomic mass is 9.74. The van der Waals surface area contributed by atoms with Crippen molar-refractivity contribution in [1.29, 1.82) is 0 Å². The largest absolute Gasteiger partial charge is 0.455 e. The SMILES string of the molecule is CC(C)(C)CC(C)(C)N1C/C=C\CCC(=O)NC[C@@H](c2ccccc2)OC(=O)[C@@H]2[C@@H]3C=C[C@]4(O3)[C@H](C1=O)N(CCO)C(=O)[C@@H]24. The quantitative estimate of drug-likeness (QED) is 0.390. The molecule has 1 aromatic carbocycles. The van der Waals surface area contributed by atoms with Gasteiger partial charge in [-0.2, -0.15) is 0 Å². The standard InChI is InChI=1S/C34H45N3O7/c1-32(2,3)21-33(4,5)37-17-11-7-10-14-25(39)35-20-24(22-12-8-6-9-13-22)43-31(42)26-23-15-16-34(44-23)27(26)29(40)36(18-19-38)28(34)30(37)41/h6-9,11-13,15-16,23-24,26-28,38H,10,14,17-21H2,1-5H3,(H,35,39)/b11-7-/t23-,24-,26+,27+,28-,34+/m0/s1. The molecule has 1 aromatic rings. The lowest BCUT2D eigenvalue weighted by molar-refractivity contribution is -0.160. The van der Waals surface area contributed by atoms with Crippen molar-refractivity contribution >= 4 is 23.7 Å². The van der Waals surface area contributed by atoms with Gasteiger partial charge in [0.1, 0.15) is 23.7 Å². The van der Waals surface area contributed by atoms with E-state index in [-0.39, 0.29) is 49.9 Å². The smallest absolute Gasteiger partial charge is 0.313 e. The number of hydrogen-bond acceptors (Lipinski definition) is 7. The van der Waals surface area contributed by atoms with Gasteiger partial charge < -0.3 is 29.7 Å². The van der Waals surface area contributed by atoms with E-state index in [0.717, 1.165) is 0 Å². The average molecular weight is 608 g/mol. The van der Waals surface area contributed by atoms with Gasteiger partial charge in [0.2, 0.25) is 17.7 Å². The number of rotatable bonds is 5. The van der Waals surface area contributed by atoms with Crippen molar-refractivity contribution < 1.29 is 33.8 Å². The van der Waals surface area contributed by atoms with Crippen LogP contribution in [0.2, 0.25) is 0 Å². The fourth-order valence-corrected chi connectivity index (χ4v) is 7.66. The minimum Gasteiger partial charge on any atom is -0.455 e. The summed E-state index contributed by atoms with van der Waals surface area (Å²) in [5, 5.41) is 12.9. The number of benzene rings is 1. The first-order valence-corrected chi connectivity index (χ1v) is 15.6. The van der Waals surface area contributed by atoms with E-state index < -0.39 is 53.1 Å². The summed E-state index contributed by atoms with van der Waals surface area (Å²) in [5.74, 6) is -3.51. The lowest BCUT2D eigenvalue weighted by Gasteiger charge is -2.45. The van der Waals surface area contributed by atoms with Crippen LogP contribution >= 0.6 is 0 Å². The molecule has 5 bridgehead atoms. The van der Waals surface area contributed by atoms with Gasteiger partial charge in [0.25, 0.3) is 0 Å². The Hall–Kier alpha value is -3.50. The number of likely N-dealkylation sites (tertiary alicyclic amines) is 1. The molecule has 4 heterocycles. The van der Waals surface area contributed by atoms with Gasteiger partial charge in [-0.3, -0.25) is 19.2 Å². The number of hydrogen-bond donors (Lipinski definition) is 2. The highest BCUT2D eigenvalue weighted by Crippen LogP contribution is 2.56. The predicted molar refractivity (Wildman–Crippen MR) is 163 cm³/mol. The van der Waals surface area contributed by atoms with Crippen LogP contribution in [0.1, 0.15) is 65.5 Å². The summed E-state index contributed by atoms with van der Waals surface area (Å²) in [6.45, 7) is 10.3. The molecular formula is C34H45N3O7. The summed E-state index contributed by atoms with van der Waals surface area (Å²) in [6, 6.07) is 8.08. The number of cyclic esters (lactones) is 1. The molecule has 5 rings (SSSR count). The number of nitrogens with zero attached hydrogens (tertiary/aromatic N) is 2. The highest BCUT2D eigenvalue weighted by molar-refractivity contribution is 5.99. The van der Waals surface area contributed by atoms with Crippen LogP contribution in [0.4, 0.5) is 0 Å². The van der Waals surface area contributed by atoms with Crippen molar-refractivity contribution in [1.82, 2.24) is 15.1 Å². The van der Waals surface area contributed by atoms with Crippen molar-refractivity contribution in [3.8, 4) is 0 Å². The number of ether oxygens (including phenoxy) is 2. The second-order valence-electron chi connectivity index (χ2n) is 14.1. The molecule has 44 heavy (non-hydrogen) atoms. The van der Waals surface area contributed by atoms with Crippen LogP contribution in [-0.2, 0) is 28.7 Å². The van der Waals surface area contributed by atoms with Gasteiger partial charge in [0, 0.05) is 25.0 Å². The van der Waals surface area contributed by atoms with Gasteiger partial charge in [0.15, 0.2) is 0 Å². The molecule has 238 valence electrons. The molecule has 0 unspecified atom stereocenters. The number of β-amino-alcohol motifs (C(OH)–C–C–N with tert-alkyl or cyclic N) is 1. The summed E-state index contributed by atoms with van der Waals surface area (Å²) in [7, 11) is 0. The Kier molecular flexibility index (Phi) is 8.79. The van der Waals surface area contributed by atoms with Crippen LogP contribution < -0.4 is 5.32 Å². The van der Waals surface area contributed by atoms with Gasteiger partial charge in [-0.15, -0.1) is 0 Å². The van der Waals surface area contributed by atoms with Crippen LogP contribution in [0.5, 0.6) is 0 Å². The number of aliphatic hydroxyl groups excluding tert-OH is 1. The highest BCUT2D eigenvalue weighted by atomic mass is 16.6. The molecule has 0 saturated carbocycles. The van der Waals surface area contributed by atoms with Crippen LogP contribution in [0.3, 0.4) is 0 Å². The van der Waals surface area contributed by atoms with E-state index in [4.69, 9.17) is 9.47 Å². The maximum atomic E-state index is 14.8. The number of allylic oxidation sites excluding steroid dienone is 1. The third-order valence-corrected chi connectivity index (χ3v) is 9.09. The van der Waals surface area contributed by atoms with Crippen LogP contribution in [0, 0.1) is 17.3 Å². The second-order valence-corrected chi connectivity index (χ2v) is 14.1. The number of esters is 1. The number of carbonyl (C=O) groups excluding carboxylic acids is 4. The molecule has 0 aromatic heterocycles. The van der Waals surface area contributed by atoms with E-state index >= 15 is 0 Å². The van der Waals surface area contributed by atoms with Gasteiger partial charge >= 0.3 is 5.97 Å². The molecule has 3 amide bonds. The first-order chi connectivity index (χ1) is 20.8.